The van der Waals surface area contributed by atoms with E-state index < -0.39 is 0 Å². The summed E-state index contributed by atoms with van der Waals surface area (Å²) in [7, 11) is 0. The number of anilines is 3. The van der Waals surface area contributed by atoms with Crippen LogP contribution in [0.2, 0.25) is 0 Å². The van der Waals surface area contributed by atoms with Gasteiger partial charge in [-0.05, 0) is 88.6 Å². The van der Waals surface area contributed by atoms with Crippen LogP contribution in [0.15, 0.2) is 186 Å². The van der Waals surface area contributed by atoms with Gasteiger partial charge in [0.05, 0.1) is 11.0 Å². The first kappa shape index (κ1) is 27.5. The maximum Gasteiger partial charge on any atom is 0.137 e. The molecule has 0 saturated carbocycles. The summed E-state index contributed by atoms with van der Waals surface area (Å²) in [6.07, 6.45) is 0. The lowest BCUT2D eigenvalue weighted by Gasteiger charge is -2.25. The molecule has 2 aromatic heterocycles. The minimum absolute atomic E-state index is 0.882. The molecule has 0 aliphatic carbocycles. The van der Waals surface area contributed by atoms with Crippen LogP contribution in [0.25, 0.3) is 71.3 Å². The molecule has 3 heteroatoms. The van der Waals surface area contributed by atoms with Gasteiger partial charge in [-0.25, -0.2) is 0 Å². The predicted molar refractivity (Wildman–Crippen MR) is 206 cm³/mol. The van der Waals surface area contributed by atoms with Crippen molar-refractivity contribution in [3.05, 3.63) is 182 Å². The van der Waals surface area contributed by atoms with Gasteiger partial charge in [-0.2, -0.15) is 0 Å². The largest absolute Gasteiger partial charge is 0.456 e. The lowest BCUT2D eigenvalue weighted by Crippen LogP contribution is -2.09. The fourth-order valence-corrected chi connectivity index (χ4v) is 7.50. The molecule has 230 valence electrons. The normalized spacial score (nSPS) is 11.7. The molecule has 0 fully saturated rings. The highest BCUT2D eigenvalue weighted by Gasteiger charge is 2.17. The number of aromatic nitrogens is 1. The van der Waals surface area contributed by atoms with E-state index in [4.69, 9.17) is 4.42 Å². The molecule has 0 bridgehead atoms. The number of hydrogen-bond acceptors (Lipinski definition) is 2. The molecule has 3 nitrogen and oxygen atoms in total. The first-order valence-corrected chi connectivity index (χ1v) is 16.7. The van der Waals surface area contributed by atoms with E-state index >= 15 is 0 Å². The number of furan rings is 1. The van der Waals surface area contributed by atoms with Gasteiger partial charge in [0.25, 0.3) is 0 Å². The molecule has 0 spiro atoms. The Kier molecular flexibility index (Phi) is 6.18. The van der Waals surface area contributed by atoms with E-state index in [1.807, 2.05) is 12.1 Å². The van der Waals surface area contributed by atoms with Crippen LogP contribution in [0.3, 0.4) is 0 Å². The SMILES string of the molecule is c1ccc(N(c2ccc(-c3ccc(-n4c5ccccc5c5c6ccccc6ccc54)cc3)cc2)c2ccc3c(c2)oc2ccccc23)cc1. The van der Waals surface area contributed by atoms with Crippen molar-refractivity contribution in [1.82, 2.24) is 4.57 Å². The molecular weight excluding hydrogens is 597 g/mol. The van der Waals surface area contributed by atoms with E-state index in [2.05, 4.69) is 179 Å². The van der Waals surface area contributed by atoms with Crippen molar-refractivity contribution in [3.63, 3.8) is 0 Å². The average Bonchev–Trinajstić information content (AvgIpc) is 3.71. The molecule has 0 N–H and O–H groups in total. The highest BCUT2D eigenvalue weighted by atomic mass is 16.3. The summed E-state index contributed by atoms with van der Waals surface area (Å²) in [4.78, 5) is 2.28. The molecule has 49 heavy (non-hydrogen) atoms. The first-order chi connectivity index (χ1) is 24.3. The Labute approximate surface area is 283 Å². The second kappa shape index (κ2) is 11.0. The smallest absolute Gasteiger partial charge is 0.137 e. The van der Waals surface area contributed by atoms with Crippen LogP contribution in [0.5, 0.6) is 0 Å². The van der Waals surface area contributed by atoms with Crippen molar-refractivity contribution in [2.24, 2.45) is 0 Å². The van der Waals surface area contributed by atoms with Crippen LogP contribution < -0.4 is 4.90 Å². The number of nitrogens with zero attached hydrogens (tertiary/aromatic N) is 2. The lowest BCUT2D eigenvalue weighted by molar-refractivity contribution is 0.669. The van der Waals surface area contributed by atoms with Crippen LogP contribution >= 0.6 is 0 Å². The molecule has 0 radical (unpaired) electrons. The Morgan fingerprint density at radius 2 is 1.00 bits per heavy atom. The van der Waals surface area contributed by atoms with E-state index in [9.17, 15) is 0 Å². The molecule has 0 unspecified atom stereocenters. The summed E-state index contributed by atoms with van der Waals surface area (Å²) in [5, 5.41) is 7.39. The zero-order chi connectivity index (χ0) is 32.3. The fourth-order valence-electron chi connectivity index (χ4n) is 7.50. The summed E-state index contributed by atoms with van der Waals surface area (Å²) in [5.74, 6) is 0. The lowest BCUT2D eigenvalue weighted by atomic mass is 10.0. The molecule has 0 amide bonds. The van der Waals surface area contributed by atoms with Crippen molar-refractivity contribution >= 4 is 71.6 Å². The predicted octanol–water partition coefficient (Wildman–Crippen LogP) is 13.0. The van der Waals surface area contributed by atoms with Gasteiger partial charge in [-0.1, -0.05) is 109 Å². The molecular formula is C46H30N2O. The molecule has 8 aromatic carbocycles. The van der Waals surface area contributed by atoms with Crippen LogP contribution in [0, 0.1) is 0 Å². The van der Waals surface area contributed by atoms with Gasteiger partial charge in [-0.15, -0.1) is 0 Å². The minimum Gasteiger partial charge on any atom is -0.456 e. The van der Waals surface area contributed by atoms with Gasteiger partial charge < -0.3 is 13.9 Å². The maximum absolute atomic E-state index is 6.27. The molecule has 10 rings (SSSR count). The summed E-state index contributed by atoms with van der Waals surface area (Å²) < 4.78 is 8.66. The molecule has 0 aliphatic heterocycles. The standard InChI is InChI=1S/C46H30N2O/c1-2-11-34(12-3-1)47(37-27-28-40-39-14-7-9-17-44(39)49-45(40)30-37)35-23-18-31(19-24-35)32-20-25-36(26-21-32)48-42-16-8-6-15-41(42)46-38-13-5-4-10-33(38)22-29-43(46)48/h1-30H. The molecule has 2 heterocycles. The van der Waals surface area contributed by atoms with Crippen molar-refractivity contribution in [3.8, 4) is 16.8 Å². The van der Waals surface area contributed by atoms with Crippen LogP contribution in [-0.2, 0) is 0 Å². The quantitative estimate of drug-likeness (QED) is 0.190. The Hall–Kier alpha value is -6.58. The molecule has 0 saturated heterocycles. The van der Waals surface area contributed by atoms with Crippen molar-refractivity contribution in [2.45, 2.75) is 0 Å². The van der Waals surface area contributed by atoms with Crippen molar-refractivity contribution in [2.75, 3.05) is 4.90 Å². The molecule has 0 aliphatic rings. The molecule has 10 aromatic rings. The van der Waals surface area contributed by atoms with Crippen LogP contribution in [0.4, 0.5) is 17.1 Å². The number of benzene rings is 8. The van der Waals surface area contributed by atoms with Gasteiger partial charge >= 0.3 is 0 Å². The second-order valence-corrected chi connectivity index (χ2v) is 12.6. The van der Waals surface area contributed by atoms with Gasteiger partial charge in [0.2, 0.25) is 0 Å². The van der Waals surface area contributed by atoms with Crippen molar-refractivity contribution in [1.29, 1.82) is 0 Å². The number of fused-ring (bicyclic) bond motifs is 8. The number of para-hydroxylation sites is 3. The monoisotopic (exact) mass is 626 g/mol. The second-order valence-electron chi connectivity index (χ2n) is 12.6. The van der Waals surface area contributed by atoms with E-state index in [1.54, 1.807) is 0 Å². The minimum atomic E-state index is 0.882. The van der Waals surface area contributed by atoms with E-state index in [1.165, 1.54) is 43.7 Å². The third-order valence-corrected chi connectivity index (χ3v) is 9.78. The Balaban J connectivity index is 1.02. The van der Waals surface area contributed by atoms with Crippen LogP contribution in [0.1, 0.15) is 0 Å². The summed E-state index contributed by atoms with van der Waals surface area (Å²) in [6, 6.07) is 64.9. The van der Waals surface area contributed by atoms with E-state index in [0.717, 1.165) is 44.7 Å². The number of rotatable bonds is 5. The Bertz CT molecular complexity index is 2810. The van der Waals surface area contributed by atoms with Crippen LogP contribution in [-0.4, -0.2) is 4.57 Å². The third-order valence-electron chi connectivity index (χ3n) is 9.78. The topological polar surface area (TPSA) is 21.3 Å². The van der Waals surface area contributed by atoms with Crippen molar-refractivity contribution < 1.29 is 4.42 Å². The highest BCUT2D eigenvalue weighted by Crippen LogP contribution is 2.40. The van der Waals surface area contributed by atoms with Gasteiger partial charge in [0.1, 0.15) is 11.2 Å². The van der Waals surface area contributed by atoms with Gasteiger partial charge in [-0.3, -0.25) is 0 Å². The molecule has 0 atom stereocenters. The van der Waals surface area contributed by atoms with Gasteiger partial charge in [0.15, 0.2) is 0 Å². The third kappa shape index (κ3) is 4.44. The first-order valence-electron chi connectivity index (χ1n) is 16.7. The number of hydrogen-bond donors (Lipinski definition) is 0. The van der Waals surface area contributed by atoms with Gasteiger partial charge in [0, 0.05) is 50.4 Å². The zero-order valence-corrected chi connectivity index (χ0v) is 26.6. The highest BCUT2D eigenvalue weighted by molar-refractivity contribution is 6.21. The maximum atomic E-state index is 6.27. The fraction of sp³-hybridized carbons (Fsp3) is 0. The Morgan fingerprint density at radius 1 is 0.388 bits per heavy atom. The average molecular weight is 627 g/mol. The van der Waals surface area contributed by atoms with E-state index in [0.29, 0.717) is 0 Å². The Morgan fingerprint density at radius 3 is 1.82 bits per heavy atom. The summed E-state index contributed by atoms with van der Waals surface area (Å²) in [6.45, 7) is 0. The summed E-state index contributed by atoms with van der Waals surface area (Å²) >= 11 is 0. The summed E-state index contributed by atoms with van der Waals surface area (Å²) in [5.41, 5.74) is 10.9. The van der Waals surface area contributed by atoms with E-state index in [-0.39, 0.29) is 0 Å². The zero-order valence-electron chi connectivity index (χ0n) is 26.6.